The molecule has 0 radical (unpaired) electrons. The molecule has 42 heavy (non-hydrogen) atoms. The van der Waals surface area contributed by atoms with Gasteiger partial charge in [0.05, 0.1) is 21.6 Å². The van der Waals surface area contributed by atoms with Crippen molar-refractivity contribution in [2.45, 2.75) is 47.3 Å². The minimum Gasteiger partial charge on any atom is -0.478 e. The number of carboxylic acids is 3. The van der Waals surface area contributed by atoms with Gasteiger partial charge in [-0.3, -0.25) is 4.79 Å². The summed E-state index contributed by atoms with van der Waals surface area (Å²) in [4.78, 5) is 46.1. The maximum atomic E-state index is 11.1. The second-order valence-electron chi connectivity index (χ2n) is 7.33. The molecule has 0 fully saturated rings. The van der Waals surface area contributed by atoms with E-state index < -0.39 is 17.9 Å². The number of carbonyl (C=O) groups is 4. The van der Waals surface area contributed by atoms with E-state index in [0.29, 0.717) is 26.9 Å². The molecule has 8 nitrogen and oxygen atoms in total. The van der Waals surface area contributed by atoms with Crippen molar-refractivity contribution < 1.29 is 39.2 Å². The van der Waals surface area contributed by atoms with E-state index in [0.717, 1.165) is 4.90 Å². The van der Waals surface area contributed by atoms with Gasteiger partial charge in [-0.2, -0.15) is 0 Å². The van der Waals surface area contributed by atoms with E-state index in [4.69, 9.17) is 20.1 Å². The fraction of sp³-hybridized carbons (Fsp3) is 0.125. The van der Waals surface area contributed by atoms with Crippen molar-refractivity contribution >= 4 is 47.9 Å². The first kappa shape index (κ1) is 35.5. The van der Waals surface area contributed by atoms with Gasteiger partial charge in [0.2, 0.25) is 0 Å². The van der Waals surface area contributed by atoms with E-state index in [-0.39, 0.29) is 16.7 Å². The molecular weight excluding hydrogens is 576 g/mol. The Hall–Kier alpha value is -4.54. The number of carbonyl (C=O) groups excluding carboxylic acids is 1. The Morgan fingerprint density at radius 3 is 1.74 bits per heavy atom. The Morgan fingerprint density at radius 2 is 1.14 bits per heavy atom. The zero-order valence-corrected chi connectivity index (χ0v) is 25.1. The molecule has 4 rings (SSSR count). The Kier molecular flexibility index (Phi) is 16.5. The smallest absolute Gasteiger partial charge is 0.336 e. The molecule has 0 aliphatic heterocycles. The Balaban J connectivity index is 0.000000376. The lowest BCUT2D eigenvalue weighted by molar-refractivity contribution is -0.120. The summed E-state index contributed by atoms with van der Waals surface area (Å²) in [6.45, 7) is 8.32. The number of rotatable bonds is 9. The van der Waals surface area contributed by atoms with E-state index >= 15 is 0 Å². The number of benzene rings is 4. The fourth-order valence-corrected chi connectivity index (χ4v) is 4.99. The van der Waals surface area contributed by atoms with E-state index in [1.807, 2.05) is 58.0 Å². The summed E-state index contributed by atoms with van der Waals surface area (Å²) < 4.78 is 4.85. The lowest BCUT2D eigenvalue weighted by Crippen LogP contribution is -1.98. The van der Waals surface area contributed by atoms with E-state index in [1.54, 1.807) is 30.3 Å². The molecule has 3 N–H and O–H groups in total. The van der Waals surface area contributed by atoms with E-state index in [1.165, 1.54) is 59.9 Å². The van der Waals surface area contributed by atoms with Gasteiger partial charge in [0.1, 0.15) is 5.75 Å². The van der Waals surface area contributed by atoms with Crippen LogP contribution in [0.1, 0.15) is 58.8 Å². The lowest BCUT2D eigenvalue weighted by atomic mass is 10.2. The first-order valence-corrected chi connectivity index (χ1v) is 14.5. The molecule has 220 valence electrons. The summed E-state index contributed by atoms with van der Waals surface area (Å²) in [7, 11) is 0. The minimum absolute atomic E-state index is 0.150. The van der Waals surface area contributed by atoms with Gasteiger partial charge in [-0.1, -0.05) is 87.6 Å². The summed E-state index contributed by atoms with van der Waals surface area (Å²) in [5.41, 5.74) is 0.530. The first-order chi connectivity index (χ1) is 20.3. The highest BCUT2D eigenvalue weighted by molar-refractivity contribution is 7.99. The van der Waals surface area contributed by atoms with Crippen molar-refractivity contribution in [2.75, 3.05) is 0 Å². The highest BCUT2D eigenvalue weighted by Crippen LogP contribution is 2.35. The van der Waals surface area contributed by atoms with Gasteiger partial charge in [-0.15, -0.1) is 0 Å². The average molecular weight is 609 g/mol. The van der Waals surface area contributed by atoms with Crippen LogP contribution in [0, 0.1) is 0 Å². The van der Waals surface area contributed by atoms with Crippen molar-refractivity contribution in [3.05, 3.63) is 114 Å². The molecule has 4 aromatic rings. The second-order valence-corrected chi connectivity index (χ2v) is 9.56. The molecule has 0 unspecified atom stereocenters. The average Bonchev–Trinajstić information content (AvgIpc) is 3.01. The summed E-state index contributed by atoms with van der Waals surface area (Å²) in [6, 6.07) is 26.8. The van der Waals surface area contributed by atoms with Gasteiger partial charge >= 0.3 is 17.9 Å². The molecular formula is C32H32O8S2. The summed E-state index contributed by atoms with van der Waals surface area (Å²) in [5, 5.41) is 27.0. The Morgan fingerprint density at radius 1 is 0.595 bits per heavy atom. The van der Waals surface area contributed by atoms with Crippen LogP contribution in [0.4, 0.5) is 0 Å². The van der Waals surface area contributed by atoms with E-state index in [9.17, 15) is 19.2 Å². The van der Waals surface area contributed by atoms with Gasteiger partial charge in [-0.05, 0) is 60.7 Å². The van der Waals surface area contributed by atoms with Gasteiger partial charge in [0, 0.05) is 14.7 Å². The number of ether oxygens (including phenoxy) is 1. The minimum atomic E-state index is -1.02. The predicted octanol–water partition coefficient (Wildman–Crippen LogP) is 8.36. The van der Waals surface area contributed by atoms with Crippen LogP contribution < -0.4 is 4.74 Å². The summed E-state index contributed by atoms with van der Waals surface area (Å²) in [5.74, 6) is -2.69. The highest BCUT2D eigenvalue weighted by Gasteiger charge is 2.12. The van der Waals surface area contributed by atoms with Crippen molar-refractivity contribution in [3.8, 4) is 5.75 Å². The van der Waals surface area contributed by atoms with Crippen LogP contribution in [0.5, 0.6) is 5.75 Å². The molecule has 4 aromatic carbocycles. The number of aromatic carboxylic acids is 3. The van der Waals surface area contributed by atoms with Crippen LogP contribution in [0.2, 0.25) is 0 Å². The second kappa shape index (κ2) is 19.5. The molecule has 0 atom stereocenters. The van der Waals surface area contributed by atoms with Crippen LogP contribution in [0.3, 0.4) is 0 Å². The molecule has 0 saturated heterocycles. The van der Waals surface area contributed by atoms with Crippen molar-refractivity contribution in [1.29, 1.82) is 0 Å². The SMILES string of the molecule is CC.CC.O=C(O)c1cccc(Sc2ccccc2C(=O)O)c1.O=COc1ccc(C(=O)O)cc1Sc1ccccc1. The normalized spacial score (nSPS) is 9.33. The maximum absolute atomic E-state index is 11.1. The van der Waals surface area contributed by atoms with Crippen LogP contribution in [-0.2, 0) is 4.79 Å². The maximum Gasteiger partial charge on any atom is 0.336 e. The third-order valence-corrected chi connectivity index (χ3v) is 6.88. The van der Waals surface area contributed by atoms with Crippen LogP contribution in [-0.4, -0.2) is 39.7 Å². The molecule has 0 spiro atoms. The largest absolute Gasteiger partial charge is 0.478 e. The van der Waals surface area contributed by atoms with Gasteiger partial charge in [-0.25, -0.2) is 14.4 Å². The number of hydrogen-bond donors (Lipinski definition) is 3. The molecule has 0 bridgehead atoms. The topological polar surface area (TPSA) is 138 Å². The van der Waals surface area contributed by atoms with Gasteiger partial charge in [0.25, 0.3) is 6.47 Å². The summed E-state index contributed by atoms with van der Waals surface area (Å²) >= 11 is 2.57. The number of carboxylic acid groups (broad SMARTS) is 3. The number of hydrogen-bond acceptors (Lipinski definition) is 7. The molecule has 0 saturated carbocycles. The third-order valence-electron chi connectivity index (χ3n) is 4.76. The summed E-state index contributed by atoms with van der Waals surface area (Å²) in [6.07, 6.45) is 0. The van der Waals surface area contributed by atoms with Crippen molar-refractivity contribution in [1.82, 2.24) is 0 Å². The molecule has 0 heterocycles. The third kappa shape index (κ3) is 11.5. The van der Waals surface area contributed by atoms with Crippen molar-refractivity contribution in [2.24, 2.45) is 0 Å². The fourth-order valence-electron chi connectivity index (χ4n) is 3.04. The van der Waals surface area contributed by atoms with E-state index in [2.05, 4.69) is 0 Å². The first-order valence-electron chi connectivity index (χ1n) is 12.8. The van der Waals surface area contributed by atoms with Gasteiger partial charge < -0.3 is 20.1 Å². The Bertz CT molecular complexity index is 1460. The molecule has 0 amide bonds. The molecule has 0 aliphatic rings. The van der Waals surface area contributed by atoms with Crippen LogP contribution in [0.15, 0.2) is 117 Å². The standard InChI is InChI=1S/2C14H10O4S.2C2H6/c15-13(16)9-4-3-5-10(8-9)19-12-7-2-1-6-11(12)14(17)18;15-9-18-12-7-6-10(14(16)17)8-13(12)19-11-4-2-1-3-5-11;2*1-2/h1-8H,(H,15,16)(H,17,18);1-9H,(H,16,17);2*1-2H3. The Labute approximate surface area is 253 Å². The van der Waals surface area contributed by atoms with Crippen LogP contribution >= 0.6 is 23.5 Å². The molecule has 0 aromatic heterocycles. The molecule has 10 heteroatoms. The predicted molar refractivity (Wildman–Crippen MR) is 164 cm³/mol. The zero-order chi connectivity index (χ0) is 31.5. The van der Waals surface area contributed by atoms with Crippen LogP contribution in [0.25, 0.3) is 0 Å². The lowest BCUT2D eigenvalue weighted by Gasteiger charge is -2.08. The quantitative estimate of drug-likeness (QED) is 0.159. The van der Waals surface area contributed by atoms with Gasteiger partial charge in [0.15, 0.2) is 0 Å². The molecule has 0 aliphatic carbocycles. The van der Waals surface area contributed by atoms with Crippen molar-refractivity contribution in [3.63, 3.8) is 0 Å². The monoisotopic (exact) mass is 608 g/mol. The highest BCUT2D eigenvalue weighted by atomic mass is 32.2. The zero-order valence-electron chi connectivity index (χ0n) is 23.5.